The van der Waals surface area contributed by atoms with Crippen molar-refractivity contribution in [3.63, 3.8) is 0 Å². The minimum absolute atomic E-state index is 0.0728. The van der Waals surface area contributed by atoms with E-state index >= 15 is 0 Å². The maximum absolute atomic E-state index is 10.3. The van der Waals surface area contributed by atoms with Crippen LogP contribution in [-0.4, -0.2) is 39.5 Å². The number of halogens is 1. The van der Waals surface area contributed by atoms with E-state index in [2.05, 4.69) is 27.4 Å². The number of phenolic OH excluding ortho intramolecular Hbond substituents is 1. The molecule has 0 saturated carbocycles. The van der Waals surface area contributed by atoms with Crippen LogP contribution in [0.5, 0.6) is 5.75 Å². The van der Waals surface area contributed by atoms with Crippen LogP contribution in [0.1, 0.15) is 13.3 Å². The number of pyridine rings is 1. The second-order valence-corrected chi connectivity index (χ2v) is 7.01. The number of benzene rings is 1. The summed E-state index contributed by atoms with van der Waals surface area (Å²) in [5, 5.41) is 24.7. The van der Waals surface area contributed by atoms with Crippen LogP contribution in [0.15, 0.2) is 36.7 Å². The van der Waals surface area contributed by atoms with Crippen LogP contribution in [0.2, 0.25) is 5.02 Å². The lowest BCUT2D eigenvalue weighted by molar-refractivity contribution is 0.0537. The summed E-state index contributed by atoms with van der Waals surface area (Å²) in [4.78, 5) is 4.24. The molecule has 26 heavy (non-hydrogen) atoms. The molecule has 1 aliphatic heterocycles. The number of hydrogen-bond donors (Lipinski definition) is 2. The Morgan fingerprint density at radius 1 is 1.23 bits per heavy atom. The minimum Gasteiger partial charge on any atom is -0.507 e. The van der Waals surface area contributed by atoms with Gasteiger partial charge in [0.15, 0.2) is 5.82 Å². The third-order valence-electron chi connectivity index (χ3n) is 4.76. The topological polar surface area (TPSA) is 80.2 Å². The van der Waals surface area contributed by atoms with Crippen molar-refractivity contribution in [2.24, 2.45) is 5.92 Å². The zero-order valence-electron chi connectivity index (χ0n) is 14.3. The number of ether oxygens (including phenoxy) is 1. The summed E-state index contributed by atoms with van der Waals surface area (Å²) in [7, 11) is 0. The van der Waals surface area contributed by atoms with Crippen LogP contribution in [0.4, 0.5) is 5.82 Å². The Balaban J connectivity index is 1.78. The van der Waals surface area contributed by atoms with Crippen molar-refractivity contribution >= 4 is 28.2 Å². The molecule has 1 aliphatic rings. The lowest BCUT2D eigenvalue weighted by Gasteiger charge is -2.30. The lowest BCUT2D eigenvalue weighted by atomic mass is 9.97. The third kappa shape index (κ3) is 3.18. The summed E-state index contributed by atoms with van der Waals surface area (Å²) < 4.78 is 5.51. The zero-order chi connectivity index (χ0) is 18.1. The van der Waals surface area contributed by atoms with Crippen molar-refractivity contribution < 1.29 is 9.84 Å². The predicted molar refractivity (Wildman–Crippen MR) is 101 cm³/mol. The normalized spacial score (nSPS) is 20.2. The highest BCUT2D eigenvalue weighted by molar-refractivity contribution is 6.30. The third-order valence-corrected chi connectivity index (χ3v) is 4.99. The maximum atomic E-state index is 10.3. The molecular formula is C19H19ClN4O2. The minimum atomic E-state index is 0.0728. The van der Waals surface area contributed by atoms with E-state index in [1.54, 1.807) is 24.5 Å². The van der Waals surface area contributed by atoms with Gasteiger partial charge in [0.1, 0.15) is 11.4 Å². The van der Waals surface area contributed by atoms with Gasteiger partial charge in [0.2, 0.25) is 0 Å². The van der Waals surface area contributed by atoms with Crippen molar-refractivity contribution in [3.05, 3.63) is 41.7 Å². The number of hydrogen-bond acceptors (Lipinski definition) is 6. The molecule has 1 aromatic carbocycles. The molecule has 1 saturated heterocycles. The van der Waals surface area contributed by atoms with Crippen molar-refractivity contribution in [1.29, 1.82) is 0 Å². The van der Waals surface area contributed by atoms with E-state index in [-0.39, 0.29) is 11.8 Å². The Bertz CT molecular complexity index is 950. The number of fused-ring (bicyclic) bond motifs is 1. The molecule has 0 bridgehead atoms. The van der Waals surface area contributed by atoms with Crippen LogP contribution >= 0.6 is 11.6 Å². The van der Waals surface area contributed by atoms with E-state index in [0.29, 0.717) is 28.0 Å². The van der Waals surface area contributed by atoms with Crippen molar-refractivity contribution in [2.75, 3.05) is 18.5 Å². The lowest BCUT2D eigenvalue weighted by Crippen LogP contribution is -2.36. The molecule has 1 fully saturated rings. The van der Waals surface area contributed by atoms with E-state index in [0.717, 1.165) is 30.4 Å². The van der Waals surface area contributed by atoms with Gasteiger partial charge in [-0.2, -0.15) is 0 Å². The largest absolute Gasteiger partial charge is 0.507 e. The Kier molecular flexibility index (Phi) is 4.61. The van der Waals surface area contributed by atoms with Crippen LogP contribution < -0.4 is 5.32 Å². The first-order valence-corrected chi connectivity index (χ1v) is 8.95. The van der Waals surface area contributed by atoms with Gasteiger partial charge in [-0.25, -0.2) is 0 Å². The van der Waals surface area contributed by atoms with Crippen molar-refractivity contribution in [2.45, 2.75) is 19.4 Å². The summed E-state index contributed by atoms with van der Waals surface area (Å²) >= 11 is 5.94. The molecule has 0 radical (unpaired) electrons. The molecule has 4 rings (SSSR count). The quantitative estimate of drug-likeness (QED) is 0.728. The highest BCUT2D eigenvalue weighted by atomic mass is 35.5. The van der Waals surface area contributed by atoms with E-state index in [9.17, 15) is 5.11 Å². The number of aromatic hydroxyl groups is 1. The SMILES string of the molecule is C[C@H]1COCC[C@H]1Nc1nnc(-c2ccc(Cl)cc2O)c2ccncc12. The van der Waals surface area contributed by atoms with Gasteiger partial charge in [0, 0.05) is 46.4 Å². The van der Waals surface area contributed by atoms with Gasteiger partial charge in [-0.1, -0.05) is 18.5 Å². The highest BCUT2D eigenvalue weighted by Crippen LogP contribution is 2.36. The molecule has 2 aromatic heterocycles. The summed E-state index contributed by atoms with van der Waals surface area (Å²) in [5.41, 5.74) is 1.19. The van der Waals surface area contributed by atoms with E-state index in [1.807, 2.05) is 6.07 Å². The number of phenols is 1. The number of anilines is 1. The Hall–Kier alpha value is -2.44. The molecule has 0 aliphatic carbocycles. The Labute approximate surface area is 156 Å². The van der Waals surface area contributed by atoms with E-state index in [4.69, 9.17) is 16.3 Å². The molecule has 3 heterocycles. The smallest absolute Gasteiger partial charge is 0.158 e. The molecule has 0 unspecified atom stereocenters. The van der Waals surface area contributed by atoms with E-state index in [1.165, 1.54) is 6.07 Å². The summed E-state index contributed by atoms with van der Waals surface area (Å²) in [6.45, 7) is 3.63. The average molecular weight is 371 g/mol. The van der Waals surface area contributed by atoms with Crippen LogP contribution in [-0.2, 0) is 4.74 Å². The maximum Gasteiger partial charge on any atom is 0.158 e. The number of nitrogens with zero attached hydrogens (tertiary/aromatic N) is 3. The van der Waals surface area contributed by atoms with Gasteiger partial charge in [-0.3, -0.25) is 4.98 Å². The summed E-state index contributed by atoms with van der Waals surface area (Å²) in [6, 6.07) is 7.13. The Morgan fingerprint density at radius 2 is 2.12 bits per heavy atom. The highest BCUT2D eigenvalue weighted by Gasteiger charge is 2.23. The van der Waals surface area contributed by atoms with Crippen LogP contribution in [0.25, 0.3) is 22.0 Å². The van der Waals surface area contributed by atoms with Crippen molar-refractivity contribution in [3.8, 4) is 17.0 Å². The fourth-order valence-electron chi connectivity index (χ4n) is 3.28. The second kappa shape index (κ2) is 7.05. The van der Waals surface area contributed by atoms with Crippen LogP contribution in [0, 0.1) is 5.92 Å². The Morgan fingerprint density at radius 3 is 2.92 bits per heavy atom. The molecule has 134 valence electrons. The fourth-order valence-corrected chi connectivity index (χ4v) is 3.44. The first-order valence-electron chi connectivity index (χ1n) is 8.57. The van der Waals surface area contributed by atoms with Gasteiger partial charge in [-0.15, -0.1) is 10.2 Å². The van der Waals surface area contributed by atoms with E-state index < -0.39 is 0 Å². The predicted octanol–water partition coefficient (Wildman–Crippen LogP) is 3.89. The average Bonchev–Trinajstić information content (AvgIpc) is 2.64. The second-order valence-electron chi connectivity index (χ2n) is 6.57. The molecule has 0 amide bonds. The number of nitrogens with one attached hydrogen (secondary N) is 1. The van der Waals surface area contributed by atoms with Crippen LogP contribution in [0.3, 0.4) is 0 Å². The van der Waals surface area contributed by atoms with Gasteiger partial charge in [0.25, 0.3) is 0 Å². The zero-order valence-corrected chi connectivity index (χ0v) is 15.1. The summed E-state index contributed by atoms with van der Waals surface area (Å²) in [6.07, 6.45) is 4.40. The fraction of sp³-hybridized carbons (Fsp3) is 0.316. The molecule has 6 nitrogen and oxygen atoms in total. The number of rotatable bonds is 3. The monoisotopic (exact) mass is 370 g/mol. The number of aromatic nitrogens is 3. The molecule has 2 atom stereocenters. The van der Waals surface area contributed by atoms with Gasteiger partial charge in [0.05, 0.1) is 6.61 Å². The molecule has 2 N–H and O–H groups in total. The van der Waals surface area contributed by atoms with Crippen molar-refractivity contribution in [1.82, 2.24) is 15.2 Å². The first-order chi connectivity index (χ1) is 12.6. The summed E-state index contributed by atoms with van der Waals surface area (Å²) in [5.74, 6) is 1.16. The molecule has 7 heteroatoms. The van der Waals surface area contributed by atoms with Gasteiger partial charge < -0.3 is 15.2 Å². The van der Waals surface area contributed by atoms with Gasteiger partial charge >= 0.3 is 0 Å². The standard InChI is InChI=1S/C19H19ClN4O2/c1-11-10-26-7-5-16(11)22-19-15-9-21-6-4-13(15)18(23-24-19)14-3-2-12(20)8-17(14)25/h2-4,6,8-9,11,16,25H,5,7,10H2,1H3,(H,22,24)/t11-,16+/m0/s1. The molecule has 3 aromatic rings. The van der Waals surface area contributed by atoms with Gasteiger partial charge in [-0.05, 0) is 36.6 Å². The first kappa shape index (κ1) is 17.0. The molecule has 0 spiro atoms. The molecular weight excluding hydrogens is 352 g/mol.